The number of sulfonamides is 1. The van der Waals surface area contributed by atoms with E-state index >= 15 is 0 Å². The second-order valence-corrected chi connectivity index (χ2v) is 12.0. The van der Waals surface area contributed by atoms with Gasteiger partial charge in [0.2, 0.25) is 9.47 Å². The van der Waals surface area contributed by atoms with Gasteiger partial charge in [0.1, 0.15) is 0 Å². The Bertz CT molecular complexity index is 1330. The molecule has 0 aliphatic rings. The molecule has 1 amide bonds. The van der Waals surface area contributed by atoms with Crippen molar-refractivity contribution in [3.8, 4) is 0 Å². The summed E-state index contributed by atoms with van der Waals surface area (Å²) in [6.45, 7) is 3.65. The van der Waals surface area contributed by atoms with E-state index in [1.165, 1.54) is 12.1 Å². The molecule has 0 saturated carbocycles. The van der Waals surface area contributed by atoms with Crippen molar-refractivity contribution in [2.75, 3.05) is 11.6 Å². The summed E-state index contributed by atoms with van der Waals surface area (Å²) >= 11 is 0.737. The summed E-state index contributed by atoms with van der Waals surface area (Å²) in [7, 11) is -7.37. The zero-order chi connectivity index (χ0) is 23.5. The van der Waals surface area contributed by atoms with Crippen molar-refractivity contribution in [1.29, 1.82) is 0 Å². The number of rotatable bonds is 8. The molecule has 2 aromatic carbocycles. The van der Waals surface area contributed by atoms with Crippen molar-refractivity contribution in [3.63, 3.8) is 0 Å². The summed E-state index contributed by atoms with van der Waals surface area (Å²) in [6, 6.07) is 12.4. The van der Waals surface area contributed by atoms with Crippen LogP contribution in [0.4, 0.5) is 5.13 Å². The third kappa shape index (κ3) is 5.76. The van der Waals surface area contributed by atoms with Gasteiger partial charge in [0.25, 0.3) is 15.9 Å². The number of nitrogens with zero attached hydrogens (tertiary/aromatic N) is 2. The zero-order valence-electron chi connectivity index (χ0n) is 17.6. The van der Waals surface area contributed by atoms with Gasteiger partial charge < -0.3 is 0 Å². The minimum atomic E-state index is -4.02. The summed E-state index contributed by atoms with van der Waals surface area (Å²) in [4.78, 5) is 12.5. The van der Waals surface area contributed by atoms with Crippen LogP contribution in [-0.2, 0) is 19.9 Å². The first-order valence-corrected chi connectivity index (χ1v) is 13.7. The number of benzene rings is 2. The molecule has 0 aliphatic heterocycles. The molecule has 0 saturated heterocycles. The van der Waals surface area contributed by atoms with Gasteiger partial charge in [-0.2, -0.15) is 0 Å². The molecule has 2 N–H and O–H groups in total. The minimum absolute atomic E-state index is 0.0578. The molecule has 3 aromatic rings. The van der Waals surface area contributed by atoms with Gasteiger partial charge in [-0.15, -0.1) is 10.2 Å². The fraction of sp³-hybridized carbons (Fsp3) is 0.250. The molecule has 1 atom stereocenters. The lowest BCUT2D eigenvalue weighted by Crippen LogP contribution is -2.28. The molecule has 32 heavy (non-hydrogen) atoms. The van der Waals surface area contributed by atoms with Gasteiger partial charge >= 0.3 is 0 Å². The van der Waals surface area contributed by atoms with Crippen molar-refractivity contribution >= 4 is 42.2 Å². The van der Waals surface area contributed by atoms with Crippen molar-refractivity contribution in [2.45, 2.75) is 35.5 Å². The third-order valence-corrected chi connectivity index (χ3v) is 8.36. The highest BCUT2D eigenvalue weighted by atomic mass is 32.2. The van der Waals surface area contributed by atoms with Gasteiger partial charge in [-0.05, 0) is 43.2 Å². The fourth-order valence-electron chi connectivity index (χ4n) is 2.90. The van der Waals surface area contributed by atoms with Gasteiger partial charge in [-0.25, -0.2) is 21.6 Å². The number of hydrogen-bond donors (Lipinski definition) is 2. The lowest BCUT2D eigenvalue weighted by Gasteiger charge is -2.16. The van der Waals surface area contributed by atoms with Crippen LogP contribution in [0.25, 0.3) is 0 Å². The monoisotopic (exact) mass is 494 g/mol. The number of aryl methyl sites for hydroxylation is 1. The maximum absolute atomic E-state index is 12.8. The Kier molecular flexibility index (Phi) is 7.08. The van der Waals surface area contributed by atoms with Gasteiger partial charge in [0.15, 0.2) is 9.84 Å². The average Bonchev–Trinajstić information content (AvgIpc) is 3.21. The lowest BCUT2D eigenvalue weighted by atomic mass is 10.1. The molecule has 0 spiro atoms. The van der Waals surface area contributed by atoms with Gasteiger partial charge in [-0.1, -0.05) is 48.1 Å². The van der Waals surface area contributed by atoms with Crippen molar-refractivity contribution in [3.05, 3.63) is 65.2 Å². The van der Waals surface area contributed by atoms with Crippen LogP contribution in [0, 0.1) is 6.92 Å². The first-order valence-electron chi connectivity index (χ1n) is 9.53. The van der Waals surface area contributed by atoms with E-state index in [2.05, 4.69) is 20.2 Å². The van der Waals surface area contributed by atoms with Gasteiger partial charge in [0, 0.05) is 17.9 Å². The SMILES string of the molecule is CCC(NS(=O)(=O)c1nnc(NC(=O)c2cccc(C)c2)s1)c1ccc(S(C)(=O)=O)cc1. The van der Waals surface area contributed by atoms with Crippen LogP contribution < -0.4 is 10.0 Å². The molecule has 1 heterocycles. The molecule has 12 heteroatoms. The van der Waals surface area contributed by atoms with Crippen LogP contribution in [0.5, 0.6) is 0 Å². The summed E-state index contributed by atoms with van der Waals surface area (Å²) in [5.41, 5.74) is 1.95. The summed E-state index contributed by atoms with van der Waals surface area (Å²) in [5.74, 6) is -0.417. The Morgan fingerprint density at radius 1 is 1.06 bits per heavy atom. The first kappa shape index (κ1) is 24.0. The largest absolute Gasteiger partial charge is 0.296 e. The summed E-state index contributed by atoms with van der Waals surface area (Å²) < 4.78 is 51.1. The Morgan fingerprint density at radius 2 is 1.75 bits per heavy atom. The Balaban J connectivity index is 1.75. The smallest absolute Gasteiger partial charge is 0.270 e. The van der Waals surface area contributed by atoms with E-state index in [0.29, 0.717) is 17.5 Å². The highest BCUT2D eigenvalue weighted by Crippen LogP contribution is 2.25. The number of sulfone groups is 1. The molecule has 1 unspecified atom stereocenters. The maximum atomic E-state index is 12.8. The molecule has 170 valence electrons. The molecule has 0 radical (unpaired) electrons. The van der Waals surface area contributed by atoms with Crippen LogP contribution in [-0.4, -0.2) is 39.2 Å². The average molecular weight is 495 g/mol. The fourth-order valence-corrected chi connectivity index (χ4v) is 5.75. The number of amides is 1. The second kappa shape index (κ2) is 9.45. The lowest BCUT2D eigenvalue weighted by molar-refractivity contribution is 0.102. The van der Waals surface area contributed by atoms with Crippen LogP contribution in [0.2, 0.25) is 0 Å². The van der Waals surface area contributed by atoms with E-state index in [0.717, 1.165) is 23.2 Å². The molecule has 0 aliphatic carbocycles. The topological polar surface area (TPSA) is 135 Å². The number of carbonyl (C=O) groups excluding carboxylic acids is 1. The van der Waals surface area contributed by atoms with E-state index in [9.17, 15) is 21.6 Å². The maximum Gasteiger partial charge on any atom is 0.270 e. The number of aromatic nitrogens is 2. The highest BCUT2D eigenvalue weighted by molar-refractivity contribution is 7.91. The predicted octanol–water partition coefficient (Wildman–Crippen LogP) is 2.93. The van der Waals surface area contributed by atoms with Gasteiger partial charge in [0.05, 0.1) is 4.90 Å². The van der Waals surface area contributed by atoms with E-state index in [4.69, 9.17) is 0 Å². The van der Waals surface area contributed by atoms with Crippen LogP contribution in [0.15, 0.2) is 57.8 Å². The molecule has 3 rings (SSSR count). The normalized spacial score (nSPS) is 13.0. The number of nitrogens with one attached hydrogen (secondary N) is 2. The Morgan fingerprint density at radius 3 is 2.34 bits per heavy atom. The summed E-state index contributed by atoms with van der Waals surface area (Å²) in [5, 5.41) is 10.1. The summed E-state index contributed by atoms with van der Waals surface area (Å²) in [6.07, 6.45) is 1.53. The number of hydrogen-bond acceptors (Lipinski definition) is 8. The van der Waals surface area contributed by atoms with E-state index in [1.54, 1.807) is 37.3 Å². The van der Waals surface area contributed by atoms with Crippen LogP contribution in [0.1, 0.15) is 40.9 Å². The quantitative estimate of drug-likeness (QED) is 0.460. The zero-order valence-corrected chi connectivity index (χ0v) is 20.0. The number of anilines is 1. The second-order valence-electron chi connectivity index (χ2n) is 7.12. The highest BCUT2D eigenvalue weighted by Gasteiger charge is 2.25. The van der Waals surface area contributed by atoms with Gasteiger partial charge in [-0.3, -0.25) is 10.1 Å². The predicted molar refractivity (Wildman–Crippen MR) is 122 cm³/mol. The number of carbonyl (C=O) groups is 1. The standard InChI is InChI=1S/C20H22N4O5S3/c1-4-17(14-8-10-16(11-9-14)31(3,26)27)24-32(28,29)20-23-22-19(30-20)21-18(25)15-7-5-6-13(2)12-15/h5-12,17,24H,4H2,1-3H3,(H,21,22,25). The van der Waals surface area contributed by atoms with E-state index in [-0.39, 0.29) is 14.4 Å². The van der Waals surface area contributed by atoms with Crippen molar-refractivity contribution in [1.82, 2.24) is 14.9 Å². The molecular formula is C20H22N4O5S3. The molecule has 0 fully saturated rings. The van der Waals surface area contributed by atoms with E-state index < -0.39 is 31.8 Å². The minimum Gasteiger partial charge on any atom is -0.296 e. The Hall–Kier alpha value is -2.67. The van der Waals surface area contributed by atoms with Crippen molar-refractivity contribution in [2.24, 2.45) is 0 Å². The van der Waals surface area contributed by atoms with E-state index in [1.807, 2.05) is 13.0 Å². The molecule has 9 nitrogen and oxygen atoms in total. The molecule has 1 aromatic heterocycles. The van der Waals surface area contributed by atoms with Crippen LogP contribution in [0.3, 0.4) is 0 Å². The molecule has 0 bridgehead atoms. The molecular weight excluding hydrogens is 472 g/mol. The first-order chi connectivity index (χ1) is 15.0. The van der Waals surface area contributed by atoms with Crippen molar-refractivity contribution < 1.29 is 21.6 Å². The third-order valence-electron chi connectivity index (χ3n) is 4.55. The Labute approximate surface area is 190 Å². The van der Waals surface area contributed by atoms with Crippen LogP contribution >= 0.6 is 11.3 Å².